The number of nitrogens with zero attached hydrogens (tertiary/aromatic N) is 2. The van der Waals surface area contributed by atoms with E-state index in [1.807, 2.05) is 28.7 Å². The lowest BCUT2D eigenvalue weighted by molar-refractivity contribution is 0.669. The molecule has 0 N–H and O–H groups in total. The first-order valence-electron chi connectivity index (χ1n) is 22.4. The third-order valence-electron chi connectivity index (χ3n) is 12.9. The van der Waals surface area contributed by atoms with Gasteiger partial charge >= 0.3 is 0 Å². The van der Waals surface area contributed by atoms with Crippen molar-refractivity contribution in [2.45, 2.75) is 6.42 Å². The van der Waals surface area contributed by atoms with Crippen LogP contribution in [0.4, 0.5) is 34.1 Å². The van der Waals surface area contributed by atoms with Crippen molar-refractivity contribution >= 4 is 125 Å². The number of fused-ring (bicyclic) bond motifs is 9. The molecule has 312 valence electrons. The van der Waals surface area contributed by atoms with E-state index in [4.69, 9.17) is 4.42 Å². The Balaban J connectivity index is 1.01. The first kappa shape index (κ1) is 38.5. The van der Waals surface area contributed by atoms with Crippen LogP contribution in [0.2, 0.25) is 0 Å². The lowest BCUT2D eigenvalue weighted by Gasteiger charge is -2.27. The summed E-state index contributed by atoms with van der Waals surface area (Å²) < 4.78 is 11.4. The number of rotatable bonds is 8. The average Bonchev–Trinajstić information content (AvgIpc) is 3.99. The van der Waals surface area contributed by atoms with Crippen molar-refractivity contribution in [3.05, 3.63) is 236 Å². The van der Waals surface area contributed by atoms with Gasteiger partial charge in [0.2, 0.25) is 0 Å². The van der Waals surface area contributed by atoms with Crippen molar-refractivity contribution in [3.8, 4) is 11.1 Å². The molecule has 0 saturated carbocycles. The molecule has 66 heavy (non-hydrogen) atoms. The molecule has 1 aliphatic rings. The number of para-hydroxylation sites is 1. The number of hydrogen-bond acceptors (Lipinski definition) is 5. The zero-order chi connectivity index (χ0) is 43.6. The molecule has 1 aliphatic carbocycles. The fraction of sp³-hybridized carbons (Fsp3) is 0.0164. The summed E-state index contributed by atoms with van der Waals surface area (Å²) in [6, 6.07) is 73.0. The molecule has 3 aromatic heterocycles. The minimum atomic E-state index is 0.880. The molecule has 9 aromatic carbocycles. The summed E-state index contributed by atoms with van der Waals surface area (Å²) in [5.41, 5.74) is 13.2. The molecule has 13 rings (SSSR count). The van der Waals surface area contributed by atoms with Crippen molar-refractivity contribution in [1.82, 2.24) is 0 Å². The van der Waals surface area contributed by atoms with Crippen molar-refractivity contribution < 1.29 is 4.42 Å². The standard InChI is InChI=1S/C61H40N2OS2/c1-2-5-15-40(14-4-1)42-26-30-44(31-27-42)62(46-35-37-56-52(38-46)48-18-8-10-23-55(48)64-56)53-21-13-25-58-60(53)51-20-12-22-54(61(51)66-58)63(45-32-28-43(29-33-45)41-16-6-3-7-17-41)47-34-36-50-49-19-9-11-24-57(49)65-59(50)39-47/h1,3-39H,2H2. The Morgan fingerprint density at radius 1 is 0.394 bits per heavy atom. The van der Waals surface area contributed by atoms with Crippen LogP contribution in [0.3, 0.4) is 0 Å². The van der Waals surface area contributed by atoms with E-state index < -0.39 is 0 Å². The van der Waals surface area contributed by atoms with Crippen molar-refractivity contribution in [2.75, 3.05) is 9.80 Å². The fourth-order valence-electron chi connectivity index (χ4n) is 9.75. The van der Waals surface area contributed by atoms with Crippen LogP contribution in [0, 0.1) is 0 Å². The summed E-state index contributed by atoms with van der Waals surface area (Å²) in [5, 5.41) is 7.24. The maximum atomic E-state index is 6.34. The zero-order valence-corrected chi connectivity index (χ0v) is 37.4. The molecule has 0 radical (unpaired) electrons. The van der Waals surface area contributed by atoms with Gasteiger partial charge in [-0.25, -0.2) is 0 Å². The van der Waals surface area contributed by atoms with Gasteiger partial charge in [0.05, 0.1) is 16.1 Å². The molecule has 12 aromatic rings. The molecular weight excluding hydrogens is 841 g/mol. The number of anilines is 6. The highest BCUT2D eigenvalue weighted by atomic mass is 32.1. The summed E-state index contributed by atoms with van der Waals surface area (Å²) in [6.07, 6.45) is 11.9. The second kappa shape index (κ2) is 15.9. The van der Waals surface area contributed by atoms with Gasteiger partial charge in [-0.2, -0.15) is 0 Å². The Kier molecular flexibility index (Phi) is 9.29. The molecule has 3 heterocycles. The summed E-state index contributed by atoms with van der Waals surface area (Å²) >= 11 is 3.72. The first-order valence-corrected chi connectivity index (χ1v) is 24.0. The van der Waals surface area contributed by atoms with Gasteiger partial charge in [0.15, 0.2) is 0 Å². The van der Waals surface area contributed by atoms with Crippen LogP contribution >= 0.6 is 22.7 Å². The molecule has 0 unspecified atom stereocenters. The largest absolute Gasteiger partial charge is 0.456 e. The smallest absolute Gasteiger partial charge is 0.135 e. The highest BCUT2D eigenvalue weighted by molar-refractivity contribution is 7.26. The fourth-order valence-corrected chi connectivity index (χ4v) is 12.1. The van der Waals surface area contributed by atoms with E-state index in [0.717, 1.165) is 62.5 Å². The Morgan fingerprint density at radius 3 is 1.88 bits per heavy atom. The molecule has 3 nitrogen and oxygen atoms in total. The van der Waals surface area contributed by atoms with E-state index in [0.29, 0.717) is 0 Å². The summed E-state index contributed by atoms with van der Waals surface area (Å²) in [5.74, 6) is 0. The minimum Gasteiger partial charge on any atom is -0.456 e. The molecule has 0 saturated heterocycles. The molecule has 0 aliphatic heterocycles. The van der Waals surface area contributed by atoms with Crippen molar-refractivity contribution in [1.29, 1.82) is 0 Å². The zero-order valence-electron chi connectivity index (χ0n) is 35.8. The quantitative estimate of drug-likeness (QED) is 0.152. The molecule has 5 heteroatoms. The van der Waals surface area contributed by atoms with Crippen LogP contribution in [0.15, 0.2) is 235 Å². The second-order valence-corrected chi connectivity index (χ2v) is 18.9. The van der Waals surface area contributed by atoms with Crippen LogP contribution in [-0.2, 0) is 0 Å². The van der Waals surface area contributed by atoms with Gasteiger partial charge in [0.25, 0.3) is 0 Å². The van der Waals surface area contributed by atoms with Crippen LogP contribution in [0.1, 0.15) is 12.0 Å². The Hall–Kier alpha value is -7.96. The van der Waals surface area contributed by atoms with Gasteiger partial charge in [-0.3, -0.25) is 0 Å². The SMILES string of the molecule is C1=CCC=CC(c2ccc(N(c3ccc4oc5ccccc5c4c3)c3cccc4sc5c(N(c6ccc(-c7ccccc7)cc6)c6ccc7c(c6)sc6ccccc67)cccc5c34)cc2)=C1. The number of hydrogen-bond donors (Lipinski definition) is 0. The van der Waals surface area contributed by atoms with E-state index in [-0.39, 0.29) is 0 Å². The summed E-state index contributed by atoms with van der Waals surface area (Å²) in [7, 11) is 0. The predicted octanol–water partition coefficient (Wildman–Crippen LogP) is 18.8. The molecule has 0 bridgehead atoms. The highest BCUT2D eigenvalue weighted by Gasteiger charge is 2.24. The van der Waals surface area contributed by atoms with E-state index >= 15 is 0 Å². The Labute approximate surface area is 390 Å². The van der Waals surface area contributed by atoms with Gasteiger partial charge in [0.1, 0.15) is 11.2 Å². The van der Waals surface area contributed by atoms with E-state index in [1.165, 1.54) is 62.6 Å². The average molecular weight is 881 g/mol. The topological polar surface area (TPSA) is 19.6 Å². The van der Waals surface area contributed by atoms with Crippen molar-refractivity contribution in [2.24, 2.45) is 0 Å². The van der Waals surface area contributed by atoms with Gasteiger partial charge in [-0.05, 0) is 114 Å². The van der Waals surface area contributed by atoms with Crippen LogP contribution in [0.25, 0.3) is 79.0 Å². The third kappa shape index (κ3) is 6.55. The van der Waals surface area contributed by atoms with Crippen molar-refractivity contribution in [3.63, 3.8) is 0 Å². The number of allylic oxidation sites excluding steroid dienone is 6. The monoisotopic (exact) mass is 880 g/mol. The lowest BCUT2D eigenvalue weighted by Crippen LogP contribution is -2.10. The maximum Gasteiger partial charge on any atom is 0.135 e. The van der Waals surface area contributed by atoms with Crippen LogP contribution in [0.5, 0.6) is 0 Å². The molecule has 0 amide bonds. The Bertz CT molecular complexity index is 3910. The van der Waals surface area contributed by atoms with Gasteiger partial charge < -0.3 is 14.2 Å². The second-order valence-electron chi connectivity index (χ2n) is 16.8. The molecule has 0 atom stereocenters. The predicted molar refractivity (Wildman–Crippen MR) is 285 cm³/mol. The lowest BCUT2D eigenvalue weighted by atomic mass is 10.0. The van der Waals surface area contributed by atoms with E-state index in [2.05, 4.69) is 234 Å². The van der Waals surface area contributed by atoms with Gasteiger partial charge in [-0.1, -0.05) is 146 Å². The molecule has 0 fully saturated rings. The third-order valence-corrected chi connectivity index (χ3v) is 15.2. The minimum absolute atomic E-state index is 0.880. The molecule has 0 spiro atoms. The van der Waals surface area contributed by atoms with Gasteiger partial charge in [-0.15, -0.1) is 22.7 Å². The van der Waals surface area contributed by atoms with E-state index in [9.17, 15) is 0 Å². The highest BCUT2D eigenvalue weighted by Crippen LogP contribution is 2.50. The van der Waals surface area contributed by atoms with Gasteiger partial charge in [0, 0.05) is 69.2 Å². The summed E-state index contributed by atoms with van der Waals surface area (Å²) in [6.45, 7) is 0. The van der Waals surface area contributed by atoms with Crippen LogP contribution < -0.4 is 9.80 Å². The molecular formula is C61H40N2OS2. The van der Waals surface area contributed by atoms with E-state index in [1.54, 1.807) is 0 Å². The normalized spacial score (nSPS) is 12.8. The number of furan rings is 1. The Morgan fingerprint density at radius 2 is 1.02 bits per heavy atom. The number of thiophene rings is 2. The van der Waals surface area contributed by atoms with Crippen LogP contribution in [-0.4, -0.2) is 0 Å². The summed E-state index contributed by atoms with van der Waals surface area (Å²) in [4.78, 5) is 4.88. The first-order chi connectivity index (χ1) is 32.7. The number of benzene rings is 9. The maximum absolute atomic E-state index is 6.34.